The summed E-state index contributed by atoms with van der Waals surface area (Å²) in [6.45, 7) is 6.49. The minimum atomic E-state index is 0.0480. The maximum Gasteiger partial charge on any atom is 0.221 e. The molecule has 106 valence electrons. The number of amides is 1. The molecule has 0 aliphatic rings. The Morgan fingerprint density at radius 3 is 2.58 bits per heavy atom. The lowest BCUT2D eigenvalue weighted by Gasteiger charge is -2.16. The molecule has 0 spiro atoms. The second-order valence-electron chi connectivity index (χ2n) is 4.81. The van der Waals surface area contributed by atoms with Crippen LogP contribution in [0.5, 0.6) is 0 Å². The summed E-state index contributed by atoms with van der Waals surface area (Å²) >= 11 is 12.1. The van der Waals surface area contributed by atoms with Gasteiger partial charge in [0.15, 0.2) is 0 Å². The summed E-state index contributed by atoms with van der Waals surface area (Å²) in [5, 5.41) is 7.45. The van der Waals surface area contributed by atoms with Crippen LogP contribution >= 0.6 is 23.2 Å². The molecule has 1 aromatic carbocycles. The van der Waals surface area contributed by atoms with E-state index in [0.717, 1.165) is 5.56 Å². The zero-order valence-electron chi connectivity index (χ0n) is 11.5. The van der Waals surface area contributed by atoms with Crippen molar-refractivity contribution in [3.05, 3.63) is 33.8 Å². The molecule has 1 aromatic rings. The molecular formula is C14H20Cl2N2O. The van der Waals surface area contributed by atoms with Gasteiger partial charge in [0, 0.05) is 35.1 Å². The van der Waals surface area contributed by atoms with E-state index >= 15 is 0 Å². The zero-order chi connectivity index (χ0) is 14.4. The van der Waals surface area contributed by atoms with Crippen LogP contribution < -0.4 is 10.6 Å². The first-order valence-corrected chi connectivity index (χ1v) is 7.13. The third-order valence-electron chi connectivity index (χ3n) is 2.68. The van der Waals surface area contributed by atoms with Gasteiger partial charge in [0.1, 0.15) is 0 Å². The van der Waals surface area contributed by atoms with Gasteiger partial charge in [-0.1, -0.05) is 23.2 Å². The molecule has 5 heteroatoms. The van der Waals surface area contributed by atoms with Gasteiger partial charge in [0.25, 0.3) is 0 Å². The first kappa shape index (κ1) is 16.3. The number of benzene rings is 1. The molecule has 0 fully saturated rings. The SMILES string of the molecule is CC(C)NC(=O)CCNC(C)c1cc(Cl)ccc1Cl. The van der Waals surface area contributed by atoms with E-state index < -0.39 is 0 Å². The molecular weight excluding hydrogens is 283 g/mol. The number of carbonyl (C=O) groups is 1. The zero-order valence-corrected chi connectivity index (χ0v) is 13.0. The van der Waals surface area contributed by atoms with Gasteiger partial charge in [-0.2, -0.15) is 0 Å². The highest BCUT2D eigenvalue weighted by Gasteiger charge is 2.10. The van der Waals surface area contributed by atoms with E-state index in [4.69, 9.17) is 23.2 Å². The van der Waals surface area contributed by atoms with Crippen molar-refractivity contribution in [1.29, 1.82) is 0 Å². The van der Waals surface area contributed by atoms with E-state index in [9.17, 15) is 4.79 Å². The van der Waals surface area contributed by atoms with Gasteiger partial charge in [-0.3, -0.25) is 4.79 Å². The van der Waals surface area contributed by atoms with Crippen molar-refractivity contribution in [3.8, 4) is 0 Å². The molecule has 0 saturated heterocycles. The highest BCUT2D eigenvalue weighted by atomic mass is 35.5. The van der Waals surface area contributed by atoms with Crippen molar-refractivity contribution in [3.63, 3.8) is 0 Å². The van der Waals surface area contributed by atoms with Crippen LogP contribution in [0, 0.1) is 0 Å². The van der Waals surface area contributed by atoms with Crippen LogP contribution in [-0.4, -0.2) is 18.5 Å². The van der Waals surface area contributed by atoms with Crippen molar-refractivity contribution in [2.45, 2.75) is 39.3 Å². The molecule has 3 nitrogen and oxygen atoms in total. The second-order valence-corrected chi connectivity index (χ2v) is 5.66. The third kappa shape index (κ3) is 5.81. The first-order valence-electron chi connectivity index (χ1n) is 6.38. The number of halogens is 2. The van der Waals surface area contributed by atoms with Gasteiger partial charge in [0.05, 0.1) is 0 Å². The van der Waals surface area contributed by atoms with Gasteiger partial charge in [-0.15, -0.1) is 0 Å². The maximum absolute atomic E-state index is 11.5. The number of hydrogen-bond donors (Lipinski definition) is 2. The van der Waals surface area contributed by atoms with Crippen molar-refractivity contribution in [2.24, 2.45) is 0 Å². The van der Waals surface area contributed by atoms with E-state index in [-0.39, 0.29) is 18.0 Å². The average Bonchev–Trinajstić information content (AvgIpc) is 2.31. The standard InChI is InChI=1S/C14H20Cl2N2O/c1-9(2)18-14(19)6-7-17-10(3)12-8-11(15)4-5-13(12)16/h4-5,8-10,17H,6-7H2,1-3H3,(H,18,19). The summed E-state index contributed by atoms with van der Waals surface area (Å²) in [4.78, 5) is 11.5. The summed E-state index contributed by atoms with van der Waals surface area (Å²) in [5.74, 6) is 0.0480. The quantitative estimate of drug-likeness (QED) is 0.843. The first-order chi connectivity index (χ1) is 8.90. The predicted octanol–water partition coefficient (Wildman–Crippen LogP) is 3.56. The van der Waals surface area contributed by atoms with E-state index in [1.54, 1.807) is 12.1 Å². The summed E-state index contributed by atoms with van der Waals surface area (Å²) < 4.78 is 0. The Labute approximate surface area is 124 Å². The lowest BCUT2D eigenvalue weighted by Crippen LogP contribution is -2.33. The van der Waals surface area contributed by atoms with Crippen LogP contribution in [0.1, 0.15) is 38.8 Å². The normalized spacial score (nSPS) is 12.5. The van der Waals surface area contributed by atoms with Gasteiger partial charge in [0.2, 0.25) is 5.91 Å². The molecule has 0 aliphatic carbocycles. The Bertz CT molecular complexity index is 435. The monoisotopic (exact) mass is 302 g/mol. The minimum Gasteiger partial charge on any atom is -0.354 e. The van der Waals surface area contributed by atoms with E-state index in [2.05, 4.69) is 10.6 Å². The Kier molecular flexibility index (Phi) is 6.63. The number of hydrogen-bond acceptors (Lipinski definition) is 2. The number of rotatable bonds is 6. The lowest BCUT2D eigenvalue weighted by molar-refractivity contribution is -0.121. The Hall–Kier alpha value is -0.770. The topological polar surface area (TPSA) is 41.1 Å². The second kappa shape index (κ2) is 7.73. The van der Waals surface area contributed by atoms with Crippen molar-refractivity contribution in [1.82, 2.24) is 10.6 Å². The van der Waals surface area contributed by atoms with E-state index in [1.807, 2.05) is 26.8 Å². The fourth-order valence-electron chi connectivity index (χ4n) is 1.75. The predicted molar refractivity (Wildman–Crippen MR) is 80.8 cm³/mol. The Morgan fingerprint density at radius 2 is 1.95 bits per heavy atom. The van der Waals surface area contributed by atoms with Crippen LogP contribution in [0.15, 0.2) is 18.2 Å². The molecule has 1 amide bonds. The Balaban J connectivity index is 2.45. The minimum absolute atomic E-state index is 0.0480. The van der Waals surface area contributed by atoms with Crippen LogP contribution in [0.2, 0.25) is 10.0 Å². The van der Waals surface area contributed by atoms with Crippen molar-refractivity contribution >= 4 is 29.1 Å². The molecule has 0 aliphatic heterocycles. The van der Waals surface area contributed by atoms with Gasteiger partial charge in [-0.25, -0.2) is 0 Å². The third-order valence-corrected chi connectivity index (χ3v) is 3.26. The lowest BCUT2D eigenvalue weighted by atomic mass is 10.1. The molecule has 2 N–H and O–H groups in total. The van der Waals surface area contributed by atoms with Crippen LogP contribution in [0.4, 0.5) is 0 Å². The summed E-state index contributed by atoms with van der Waals surface area (Å²) in [7, 11) is 0. The van der Waals surface area contributed by atoms with Crippen LogP contribution in [-0.2, 0) is 4.79 Å². The molecule has 0 saturated carbocycles. The molecule has 19 heavy (non-hydrogen) atoms. The summed E-state index contributed by atoms with van der Waals surface area (Å²) in [5.41, 5.74) is 0.943. The molecule has 1 unspecified atom stereocenters. The highest BCUT2D eigenvalue weighted by molar-refractivity contribution is 6.33. The molecule has 1 rings (SSSR count). The molecule has 0 aromatic heterocycles. The van der Waals surface area contributed by atoms with Gasteiger partial charge in [-0.05, 0) is 44.5 Å². The summed E-state index contributed by atoms with van der Waals surface area (Å²) in [6, 6.07) is 5.61. The van der Waals surface area contributed by atoms with E-state index in [1.165, 1.54) is 0 Å². The number of carbonyl (C=O) groups excluding carboxylic acids is 1. The van der Waals surface area contributed by atoms with Crippen molar-refractivity contribution < 1.29 is 4.79 Å². The molecule has 1 atom stereocenters. The van der Waals surface area contributed by atoms with Crippen LogP contribution in [0.3, 0.4) is 0 Å². The molecule has 0 radical (unpaired) electrons. The van der Waals surface area contributed by atoms with E-state index in [0.29, 0.717) is 23.0 Å². The van der Waals surface area contributed by atoms with Gasteiger partial charge < -0.3 is 10.6 Å². The maximum atomic E-state index is 11.5. The van der Waals surface area contributed by atoms with Gasteiger partial charge >= 0.3 is 0 Å². The van der Waals surface area contributed by atoms with Crippen LogP contribution in [0.25, 0.3) is 0 Å². The highest BCUT2D eigenvalue weighted by Crippen LogP contribution is 2.25. The largest absolute Gasteiger partial charge is 0.354 e. The fourth-order valence-corrected chi connectivity index (χ4v) is 2.21. The average molecular weight is 303 g/mol. The fraction of sp³-hybridized carbons (Fsp3) is 0.500. The Morgan fingerprint density at radius 1 is 1.26 bits per heavy atom. The molecule has 0 heterocycles. The smallest absolute Gasteiger partial charge is 0.221 e. The molecule has 0 bridgehead atoms. The number of nitrogens with one attached hydrogen (secondary N) is 2. The summed E-state index contributed by atoms with van der Waals surface area (Å²) in [6.07, 6.45) is 0.445. The van der Waals surface area contributed by atoms with Crippen molar-refractivity contribution in [2.75, 3.05) is 6.54 Å².